The smallest absolute Gasteiger partial charge is 0.0925 e. The molecule has 0 spiro atoms. The number of hydrogen-bond acceptors (Lipinski definition) is 3. The molecule has 0 heterocycles. The minimum absolute atomic E-state index is 0.0733. The first kappa shape index (κ1) is 15.2. The molecule has 3 nitrogen and oxygen atoms in total. The van der Waals surface area contributed by atoms with Crippen LogP contribution in [0.5, 0.6) is 0 Å². The van der Waals surface area contributed by atoms with E-state index in [2.05, 4.69) is 11.8 Å². The number of unbranched alkanes of at least 4 members (excludes halogenated alkanes) is 2. The Kier molecular flexibility index (Phi) is 6.33. The lowest BCUT2D eigenvalue weighted by molar-refractivity contribution is -0.00253. The maximum absolute atomic E-state index is 9.76. The average Bonchev–Trinajstić information content (AvgIpc) is 2.42. The number of benzene rings is 1. The highest BCUT2D eigenvalue weighted by Gasteiger charge is 2.34. The number of hydrogen-bond donors (Lipinski definition) is 2. The maximum Gasteiger partial charge on any atom is 0.0925 e. The number of aliphatic hydroxyl groups is 2. The van der Waals surface area contributed by atoms with Gasteiger partial charge in [0.1, 0.15) is 0 Å². The van der Waals surface area contributed by atoms with Crippen molar-refractivity contribution in [2.45, 2.75) is 31.7 Å². The zero-order valence-corrected chi connectivity index (χ0v) is 11.5. The van der Waals surface area contributed by atoms with Gasteiger partial charge in [0, 0.05) is 0 Å². The van der Waals surface area contributed by atoms with Crippen molar-refractivity contribution in [3.63, 3.8) is 0 Å². The lowest BCUT2D eigenvalue weighted by atomic mass is 9.89. The molecule has 0 saturated carbocycles. The van der Waals surface area contributed by atoms with Gasteiger partial charge >= 0.3 is 0 Å². The van der Waals surface area contributed by atoms with Crippen LogP contribution in [0.1, 0.15) is 31.7 Å². The van der Waals surface area contributed by atoms with Gasteiger partial charge < -0.3 is 10.2 Å². The predicted octanol–water partition coefficient (Wildman–Crippen LogP) is 1.99. The molecule has 18 heavy (non-hydrogen) atoms. The third kappa shape index (κ3) is 3.31. The first-order valence-corrected chi connectivity index (χ1v) is 6.69. The van der Waals surface area contributed by atoms with Crippen molar-refractivity contribution >= 4 is 0 Å². The molecule has 1 aromatic carbocycles. The lowest BCUT2D eigenvalue weighted by Crippen LogP contribution is -2.50. The summed E-state index contributed by atoms with van der Waals surface area (Å²) in [6, 6.07) is 9.75. The minimum Gasteiger partial charge on any atom is -0.394 e. The highest BCUT2D eigenvalue weighted by molar-refractivity contribution is 5.25. The normalized spacial score (nSPS) is 12.1. The summed E-state index contributed by atoms with van der Waals surface area (Å²) >= 11 is 0. The van der Waals surface area contributed by atoms with Crippen LogP contribution in [0, 0.1) is 0 Å². The Morgan fingerprint density at radius 1 is 1.06 bits per heavy atom. The Morgan fingerprint density at radius 2 is 1.67 bits per heavy atom. The summed E-state index contributed by atoms with van der Waals surface area (Å²) in [5.74, 6) is 0. The summed E-state index contributed by atoms with van der Waals surface area (Å²) in [7, 11) is 1.97. The van der Waals surface area contributed by atoms with Crippen molar-refractivity contribution in [1.29, 1.82) is 0 Å². The summed E-state index contributed by atoms with van der Waals surface area (Å²) in [6.07, 6.45) is 3.43. The number of likely N-dealkylation sites (N-methyl/N-ethyl adjacent to an activating group) is 1. The first-order valence-electron chi connectivity index (χ1n) is 6.69. The topological polar surface area (TPSA) is 43.7 Å². The SMILES string of the molecule is CCCCCN(C)C(CO)(CO)c1ccccc1. The quantitative estimate of drug-likeness (QED) is 0.694. The zero-order valence-electron chi connectivity index (χ0n) is 11.5. The summed E-state index contributed by atoms with van der Waals surface area (Å²) in [4.78, 5) is 2.07. The second kappa shape index (κ2) is 7.52. The molecule has 0 radical (unpaired) electrons. The van der Waals surface area contributed by atoms with Gasteiger partial charge in [0.2, 0.25) is 0 Å². The maximum atomic E-state index is 9.76. The van der Waals surface area contributed by atoms with E-state index in [9.17, 15) is 10.2 Å². The van der Waals surface area contributed by atoms with E-state index in [1.807, 2.05) is 37.4 Å². The molecule has 0 aliphatic rings. The molecule has 3 heteroatoms. The van der Waals surface area contributed by atoms with E-state index >= 15 is 0 Å². The van der Waals surface area contributed by atoms with Crippen molar-refractivity contribution in [1.82, 2.24) is 4.90 Å². The van der Waals surface area contributed by atoms with Gasteiger partial charge in [-0.25, -0.2) is 0 Å². The third-order valence-corrected chi connectivity index (χ3v) is 3.66. The van der Waals surface area contributed by atoms with Crippen LogP contribution >= 0.6 is 0 Å². The first-order chi connectivity index (χ1) is 8.71. The summed E-state index contributed by atoms with van der Waals surface area (Å²) in [5.41, 5.74) is 0.295. The van der Waals surface area contributed by atoms with Gasteiger partial charge in [-0.05, 0) is 25.6 Å². The molecule has 1 rings (SSSR count). The van der Waals surface area contributed by atoms with Crippen molar-refractivity contribution < 1.29 is 10.2 Å². The van der Waals surface area contributed by atoms with Gasteiger partial charge in [0.15, 0.2) is 0 Å². The van der Waals surface area contributed by atoms with Gasteiger partial charge in [-0.1, -0.05) is 50.1 Å². The molecule has 0 atom stereocenters. The van der Waals surface area contributed by atoms with E-state index in [4.69, 9.17) is 0 Å². The van der Waals surface area contributed by atoms with Crippen molar-refractivity contribution in [3.05, 3.63) is 35.9 Å². The van der Waals surface area contributed by atoms with Crippen molar-refractivity contribution in [2.24, 2.45) is 0 Å². The van der Waals surface area contributed by atoms with Crippen LogP contribution in [-0.2, 0) is 5.54 Å². The molecule has 2 N–H and O–H groups in total. The van der Waals surface area contributed by atoms with Crippen LogP contribution in [0.4, 0.5) is 0 Å². The largest absolute Gasteiger partial charge is 0.394 e. The monoisotopic (exact) mass is 251 g/mol. The van der Waals surface area contributed by atoms with Gasteiger partial charge in [0.25, 0.3) is 0 Å². The fourth-order valence-corrected chi connectivity index (χ4v) is 2.26. The molecule has 0 saturated heterocycles. The fourth-order valence-electron chi connectivity index (χ4n) is 2.26. The number of nitrogens with zero attached hydrogens (tertiary/aromatic N) is 1. The molecular weight excluding hydrogens is 226 g/mol. The Bertz CT molecular complexity index is 323. The van der Waals surface area contributed by atoms with Gasteiger partial charge in [-0.2, -0.15) is 0 Å². The highest BCUT2D eigenvalue weighted by atomic mass is 16.3. The van der Waals surface area contributed by atoms with Crippen molar-refractivity contribution in [2.75, 3.05) is 26.8 Å². The van der Waals surface area contributed by atoms with E-state index in [1.165, 1.54) is 12.8 Å². The molecule has 0 unspecified atom stereocenters. The number of rotatable bonds is 8. The molecule has 0 bridgehead atoms. The van der Waals surface area contributed by atoms with Crippen molar-refractivity contribution in [3.8, 4) is 0 Å². The molecule has 102 valence electrons. The van der Waals surface area contributed by atoms with Crippen LogP contribution < -0.4 is 0 Å². The van der Waals surface area contributed by atoms with E-state index in [0.29, 0.717) is 0 Å². The molecule has 0 aromatic heterocycles. The molecule has 0 aliphatic carbocycles. The zero-order chi connectivity index (χ0) is 13.4. The van der Waals surface area contributed by atoms with E-state index in [-0.39, 0.29) is 13.2 Å². The third-order valence-electron chi connectivity index (χ3n) is 3.66. The average molecular weight is 251 g/mol. The Hall–Kier alpha value is -0.900. The second-order valence-electron chi connectivity index (χ2n) is 4.84. The summed E-state index contributed by atoms with van der Waals surface area (Å²) in [5, 5.41) is 19.5. The Balaban J connectivity index is 2.86. The standard InChI is InChI=1S/C15H25NO2/c1-3-4-8-11-16(2)15(12-17,13-18)14-9-6-5-7-10-14/h5-7,9-10,17-18H,3-4,8,11-13H2,1-2H3. The van der Waals surface area contributed by atoms with Crippen LogP contribution in [0.15, 0.2) is 30.3 Å². The highest BCUT2D eigenvalue weighted by Crippen LogP contribution is 2.27. The fraction of sp³-hybridized carbons (Fsp3) is 0.600. The van der Waals surface area contributed by atoms with E-state index in [0.717, 1.165) is 18.5 Å². The summed E-state index contributed by atoms with van der Waals surface area (Å²) in [6.45, 7) is 2.90. The predicted molar refractivity (Wildman–Crippen MR) is 74.4 cm³/mol. The van der Waals surface area contributed by atoms with Gasteiger partial charge in [-0.3, -0.25) is 4.90 Å². The Morgan fingerprint density at radius 3 is 2.17 bits per heavy atom. The molecular formula is C15H25NO2. The molecule has 0 aliphatic heterocycles. The lowest BCUT2D eigenvalue weighted by Gasteiger charge is -2.39. The molecule has 0 fully saturated rings. The Labute approximate surface area is 110 Å². The van der Waals surface area contributed by atoms with Gasteiger partial charge in [0.05, 0.1) is 18.8 Å². The van der Waals surface area contributed by atoms with Crippen LogP contribution in [0.25, 0.3) is 0 Å². The molecule has 1 aromatic rings. The number of aliphatic hydroxyl groups excluding tert-OH is 2. The van der Waals surface area contributed by atoms with Crippen LogP contribution in [0.2, 0.25) is 0 Å². The van der Waals surface area contributed by atoms with E-state index in [1.54, 1.807) is 0 Å². The van der Waals surface area contributed by atoms with E-state index < -0.39 is 5.54 Å². The molecule has 0 amide bonds. The van der Waals surface area contributed by atoms with Gasteiger partial charge in [-0.15, -0.1) is 0 Å². The van der Waals surface area contributed by atoms with Crippen LogP contribution in [0.3, 0.4) is 0 Å². The van der Waals surface area contributed by atoms with Crippen LogP contribution in [-0.4, -0.2) is 41.9 Å². The summed E-state index contributed by atoms with van der Waals surface area (Å²) < 4.78 is 0. The second-order valence-corrected chi connectivity index (χ2v) is 4.84. The minimum atomic E-state index is -0.672.